The van der Waals surface area contributed by atoms with Gasteiger partial charge >= 0.3 is 0 Å². The first-order chi connectivity index (χ1) is 14.5. The number of amides is 2. The fourth-order valence-electron chi connectivity index (χ4n) is 2.83. The molecule has 2 amide bonds. The zero-order chi connectivity index (χ0) is 21.5. The van der Waals surface area contributed by atoms with Crippen molar-refractivity contribution in [3.05, 3.63) is 83.9 Å². The van der Waals surface area contributed by atoms with E-state index in [2.05, 4.69) is 10.6 Å². The van der Waals surface area contributed by atoms with E-state index in [1.54, 1.807) is 56.5 Å². The molecule has 0 spiro atoms. The molecule has 0 saturated carbocycles. The minimum atomic E-state index is -0.720. The van der Waals surface area contributed by atoms with E-state index in [9.17, 15) is 9.59 Å². The van der Waals surface area contributed by atoms with Crippen LogP contribution in [0.3, 0.4) is 0 Å². The predicted molar refractivity (Wildman–Crippen MR) is 117 cm³/mol. The average molecular weight is 404 g/mol. The zero-order valence-corrected chi connectivity index (χ0v) is 17.1. The number of carbonyl (C=O) groups excluding carboxylic acids is 2. The van der Waals surface area contributed by atoms with Crippen molar-refractivity contribution in [3.8, 4) is 11.5 Å². The predicted octanol–water partition coefficient (Wildman–Crippen LogP) is 4.66. The van der Waals surface area contributed by atoms with Gasteiger partial charge in [0.05, 0.1) is 7.11 Å². The van der Waals surface area contributed by atoms with Crippen LogP contribution in [0.1, 0.15) is 22.8 Å². The lowest BCUT2D eigenvalue weighted by atomic mass is 10.1. The van der Waals surface area contributed by atoms with E-state index in [0.717, 1.165) is 5.56 Å². The monoisotopic (exact) mass is 404 g/mol. The number of aryl methyl sites for hydroxylation is 1. The number of ether oxygens (including phenoxy) is 2. The van der Waals surface area contributed by atoms with Gasteiger partial charge < -0.3 is 20.1 Å². The molecule has 3 aromatic rings. The number of hydrogen-bond acceptors (Lipinski definition) is 4. The second-order valence-electron chi connectivity index (χ2n) is 6.80. The molecule has 0 bridgehead atoms. The smallest absolute Gasteiger partial charge is 0.265 e. The molecule has 1 atom stereocenters. The van der Waals surface area contributed by atoms with Crippen LogP contribution in [0.25, 0.3) is 0 Å². The zero-order valence-electron chi connectivity index (χ0n) is 17.1. The van der Waals surface area contributed by atoms with Crippen molar-refractivity contribution in [2.24, 2.45) is 0 Å². The number of para-hydroxylation sites is 2. The number of hydrogen-bond donors (Lipinski definition) is 2. The second-order valence-corrected chi connectivity index (χ2v) is 6.80. The molecule has 2 N–H and O–H groups in total. The number of carbonyl (C=O) groups is 2. The first kappa shape index (κ1) is 20.9. The number of nitrogens with one attached hydrogen (secondary N) is 2. The van der Waals surface area contributed by atoms with Gasteiger partial charge in [-0.2, -0.15) is 0 Å². The van der Waals surface area contributed by atoms with Gasteiger partial charge in [0.15, 0.2) is 17.6 Å². The van der Waals surface area contributed by atoms with E-state index in [0.29, 0.717) is 28.4 Å². The maximum atomic E-state index is 12.4. The van der Waals surface area contributed by atoms with Crippen LogP contribution < -0.4 is 20.1 Å². The number of benzene rings is 3. The lowest BCUT2D eigenvalue weighted by molar-refractivity contribution is -0.122. The van der Waals surface area contributed by atoms with E-state index >= 15 is 0 Å². The first-order valence-electron chi connectivity index (χ1n) is 9.55. The molecule has 6 heteroatoms. The van der Waals surface area contributed by atoms with Crippen molar-refractivity contribution in [2.75, 3.05) is 17.7 Å². The SMILES string of the molecule is COc1ccccc1O[C@H](C)C(=O)Nc1ccc(NC(=O)c2cccc(C)c2)cc1. The van der Waals surface area contributed by atoms with Crippen LogP contribution in [0, 0.1) is 6.92 Å². The van der Waals surface area contributed by atoms with Crippen molar-refractivity contribution < 1.29 is 19.1 Å². The van der Waals surface area contributed by atoms with Crippen LogP contribution in [0.4, 0.5) is 11.4 Å². The molecule has 0 radical (unpaired) electrons. The number of anilines is 2. The minimum absolute atomic E-state index is 0.186. The minimum Gasteiger partial charge on any atom is -0.493 e. The van der Waals surface area contributed by atoms with Crippen molar-refractivity contribution >= 4 is 23.2 Å². The highest BCUT2D eigenvalue weighted by atomic mass is 16.5. The summed E-state index contributed by atoms with van der Waals surface area (Å²) in [6, 6.07) is 21.4. The molecule has 154 valence electrons. The first-order valence-corrected chi connectivity index (χ1v) is 9.55. The molecule has 30 heavy (non-hydrogen) atoms. The maximum absolute atomic E-state index is 12.4. The molecule has 0 aliphatic rings. The number of rotatable bonds is 7. The summed E-state index contributed by atoms with van der Waals surface area (Å²) in [5.41, 5.74) is 2.85. The van der Waals surface area contributed by atoms with Gasteiger partial charge in [0.25, 0.3) is 11.8 Å². The second kappa shape index (κ2) is 9.60. The Morgan fingerprint density at radius 3 is 2.10 bits per heavy atom. The van der Waals surface area contributed by atoms with Crippen molar-refractivity contribution in [3.63, 3.8) is 0 Å². The Kier molecular flexibility index (Phi) is 6.70. The van der Waals surface area contributed by atoms with Crippen LogP contribution >= 0.6 is 0 Å². The molecule has 0 aliphatic heterocycles. The standard InChI is InChI=1S/C24H24N2O4/c1-16-7-6-8-18(15-16)24(28)26-20-13-11-19(12-14-20)25-23(27)17(2)30-22-10-5-4-9-21(22)29-3/h4-15,17H,1-3H3,(H,25,27)(H,26,28)/t17-/m1/s1. The van der Waals surface area contributed by atoms with E-state index in [4.69, 9.17) is 9.47 Å². The van der Waals surface area contributed by atoms with Crippen LogP contribution in [-0.4, -0.2) is 25.0 Å². The van der Waals surface area contributed by atoms with Gasteiger partial charge in [-0.25, -0.2) is 0 Å². The van der Waals surface area contributed by atoms with Gasteiger partial charge in [-0.05, 0) is 62.4 Å². The van der Waals surface area contributed by atoms with Gasteiger partial charge in [-0.15, -0.1) is 0 Å². The molecule has 0 aliphatic carbocycles. The van der Waals surface area contributed by atoms with Crippen LogP contribution in [0.15, 0.2) is 72.8 Å². The molecule has 0 saturated heterocycles. The Hall–Kier alpha value is -3.80. The summed E-state index contributed by atoms with van der Waals surface area (Å²) >= 11 is 0. The Morgan fingerprint density at radius 2 is 1.47 bits per heavy atom. The topological polar surface area (TPSA) is 76.7 Å². The lowest BCUT2D eigenvalue weighted by Gasteiger charge is -2.16. The summed E-state index contributed by atoms with van der Waals surface area (Å²) in [5.74, 6) is 0.578. The summed E-state index contributed by atoms with van der Waals surface area (Å²) in [5, 5.41) is 5.65. The van der Waals surface area contributed by atoms with E-state index in [1.807, 2.05) is 37.3 Å². The highest BCUT2D eigenvalue weighted by molar-refractivity contribution is 6.04. The molecule has 0 heterocycles. The Labute approximate surface area is 175 Å². The third-order valence-electron chi connectivity index (χ3n) is 4.43. The lowest BCUT2D eigenvalue weighted by Crippen LogP contribution is -2.30. The van der Waals surface area contributed by atoms with Crippen LogP contribution in [-0.2, 0) is 4.79 Å². The van der Waals surface area contributed by atoms with E-state index in [1.165, 1.54) is 0 Å². The molecular formula is C24H24N2O4. The van der Waals surface area contributed by atoms with Gasteiger partial charge in [-0.3, -0.25) is 9.59 Å². The molecular weight excluding hydrogens is 380 g/mol. The largest absolute Gasteiger partial charge is 0.493 e. The molecule has 3 aromatic carbocycles. The number of methoxy groups -OCH3 is 1. The normalized spacial score (nSPS) is 11.3. The van der Waals surface area contributed by atoms with Gasteiger partial charge in [0.1, 0.15) is 0 Å². The van der Waals surface area contributed by atoms with Gasteiger partial charge in [-0.1, -0.05) is 29.8 Å². The fraction of sp³-hybridized carbons (Fsp3) is 0.167. The van der Waals surface area contributed by atoms with E-state index < -0.39 is 6.10 Å². The fourth-order valence-corrected chi connectivity index (χ4v) is 2.83. The third-order valence-corrected chi connectivity index (χ3v) is 4.43. The summed E-state index contributed by atoms with van der Waals surface area (Å²) in [6.07, 6.45) is -0.720. The highest BCUT2D eigenvalue weighted by Gasteiger charge is 2.17. The summed E-state index contributed by atoms with van der Waals surface area (Å²) in [7, 11) is 1.55. The molecule has 3 rings (SSSR count). The maximum Gasteiger partial charge on any atom is 0.265 e. The van der Waals surface area contributed by atoms with Crippen molar-refractivity contribution in [1.82, 2.24) is 0 Å². The average Bonchev–Trinajstić information content (AvgIpc) is 2.75. The Morgan fingerprint density at radius 1 is 0.833 bits per heavy atom. The molecule has 0 aromatic heterocycles. The summed E-state index contributed by atoms with van der Waals surface area (Å²) in [4.78, 5) is 24.8. The summed E-state index contributed by atoms with van der Waals surface area (Å²) in [6.45, 7) is 3.60. The molecule has 6 nitrogen and oxygen atoms in total. The molecule has 0 fully saturated rings. The summed E-state index contributed by atoms with van der Waals surface area (Å²) < 4.78 is 10.9. The van der Waals surface area contributed by atoms with Crippen molar-refractivity contribution in [2.45, 2.75) is 20.0 Å². The van der Waals surface area contributed by atoms with E-state index in [-0.39, 0.29) is 11.8 Å². The molecule has 0 unspecified atom stereocenters. The van der Waals surface area contributed by atoms with Crippen molar-refractivity contribution in [1.29, 1.82) is 0 Å². The Balaban J connectivity index is 1.58. The Bertz CT molecular complexity index is 1030. The van der Waals surface area contributed by atoms with Gasteiger partial charge in [0, 0.05) is 16.9 Å². The van der Waals surface area contributed by atoms with Crippen LogP contribution in [0.2, 0.25) is 0 Å². The highest BCUT2D eigenvalue weighted by Crippen LogP contribution is 2.27. The van der Waals surface area contributed by atoms with Gasteiger partial charge in [0.2, 0.25) is 0 Å². The van der Waals surface area contributed by atoms with Crippen LogP contribution in [0.5, 0.6) is 11.5 Å². The quantitative estimate of drug-likeness (QED) is 0.600. The third kappa shape index (κ3) is 5.38.